The van der Waals surface area contributed by atoms with Crippen molar-refractivity contribution >= 4 is 12.3 Å². The maximum Gasteiger partial charge on any atom is 0.309 e. The molecule has 0 aliphatic rings. The van der Waals surface area contributed by atoms with Crippen LogP contribution in [0.15, 0.2) is 12.1 Å². The van der Waals surface area contributed by atoms with Gasteiger partial charge in [-0.2, -0.15) is 0 Å². The van der Waals surface area contributed by atoms with Crippen molar-refractivity contribution in [3.8, 4) is 0 Å². The predicted molar refractivity (Wildman–Crippen MR) is 57.0 cm³/mol. The van der Waals surface area contributed by atoms with Gasteiger partial charge in [0.2, 0.25) is 0 Å². The van der Waals surface area contributed by atoms with Crippen molar-refractivity contribution in [1.82, 2.24) is 0 Å². The second-order valence-electron chi connectivity index (χ2n) is 3.45. The van der Waals surface area contributed by atoms with E-state index in [0.29, 0.717) is 5.56 Å². The van der Waals surface area contributed by atoms with Crippen LogP contribution in [0.25, 0.3) is 0 Å². The fraction of sp³-hybridized carbons (Fsp3) is 0.333. The van der Waals surface area contributed by atoms with Crippen LogP contribution in [0.2, 0.25) is 0 Å². The molecule has 0 bridgehead atoms. The van der Waals surface area contributed by atoms with Crippen LogP contribution >= 0.6 is 0 Å². The molecule has 0 saturated carbocycles. The molecule has 0 amide bonds. The van der Waals surface area contributed by atoms with Crippen LogP contribution in [-0.4, -0.2) is 19.4 Å². The van der Waals surface area contributed by atoms with E-state index in [0.717, 1.165) is 23.0 Å². The lowest BCUT2D eigenvalue weighted by molar-refractivity contribution is -0.139. The summed E-state index contributed by atoms with van der Waals surface area (Å²) in [5.41, 5.74) is 3.29. The first-order valence-corrected chi connectivity index (χ1v) is 4.71. The summed E-state index contributed by atoms with van der Waals surface area (Å²) in [6.07, 6.45) is 1.04. The van der Waals surface area contributed by atoms with Crippen molar-refractivity contribution in [2.24, 2.45) is 0 Å². The molecule has 0 radical (unpaired) electrons. The number of carbonyl (C=O) groups is 2. The van der Waals surface area contributed by atoms with Gasteiger partial charge in [0.1, 0.15) is 0 Å². The van der Waals surface area contributed by atoms with Crippen LogP contribution in [0.4, 0.5) is 0 Å². The molecule has 1 aromatic carbocycles. The highest BCUT2D eigenvalue weighted by Gasteiger charge is 2.10. The zero-order valence-corrected chi connectivity index (χ0v) is 9.16. The van der Waals surface area contributed by atoms with Gasteiger partial charge < -0.3 is 4.74 Å². The first kappa shape index (κ1) is 11.4. The minimum atomic E-state index is -0.293. The minimum Gasteiger partial charge on any atom is -0.469 e. The lowest BCUT2D eigenvalue weighted by atomic mass is 9.97. The normalized spacial score (nSPS) is 9.80. The molecule has 0 aliphatic carbocycles. The summed E-state index contributed by atoms with van der Waals surface area (Å²) in [5.74, 6) is -0.293. The smallest absolute Gasteiger partial charge is 0.309 e. The number of carbonyl (C=O) groups excluding carboxylic acids is 2. The van der Waals surface area contributed by atoms with Crippen LogP contribution in [-0.2, 0) is 16.0 Å². The Morgan fingerprint density at radius 3 is 2.60 bits per heavy atom. The average molecular weight is 206 g/mol. The van der Waals surface area contributed by atoms with Gasteiger partial charge in [0, 0.05) is 5.56 Å². The van der Waals surface area contributed by atoms with E-state index in [4.69, 9.17) is 0 Å². The van der Waals surface area contributed by atoms with E-state index < -0.39 is 0 Å². The van der Waals surface area contributed by atoms with Gasteiger partial charge in [-0.3, -0.25) is 9.59 Å². The Morgan fingerprint density at radius 2 is 2.07 bits per heavy atom. The number of esters is 1. The fourth-order valence-electron chi connectivity index (χ4n) is 1.51. The third-order valence-electron chi connectivity index (χ3n) is 2.53. The molecule has 0 heterocycles. The molecule has 0 N–H and O–H groups in total. The van der Waals surface area contributed by atoms with Crippen molar-refractivity contribution in [2.75, 3.05) is 7.11 Å². The van der Waals surface area contributed by atoms with Gasteiger partial charge in [-0.25, -0.2) is 0 Å². The monoisotopic (exact) mass is 206 g/mol. The lowest BCUT2D eigenvalue weighted by Crippen LogP contribution is -2.07. The summed E-state index contributed by atoms with van der Waals surface area (Å²) in [6.45, 7) is 3.72. The summed E-state index contributed by atoms with van der Waals surface area (Å²) >= 11 is 0. The van der Waals surface area contributed by atoms with Crippen molar-refractivity contribution in [2.45, 2.75) is 20.3 Å². The SMILES string of the molecule is COC(=O)Cc1ccc(C)c(C=O)c1C. The first-order valence-electron chi connectivity index (χ1n) is 4.71. The van der Waals surface area contributed by atoms with E-state index in [2.05, 4.69) is 4.74 Å². The summed E-state index contributed by atoms with van der Waals surface area (Å²) in [6, 6.07) is 3.70. The number of hydrogen-bond acceptors (Lipinski definition) is 3. The van der Waals surface area contributed by atoms with Gasteiger partial charge in [0.05, 0.1) is 13.5 Å². The minimum absolute atomic E-state index is 0.212. The summed E-state index contributed by atoms with van der Waals surface area (Å²) in [4.78, 5) is 21.9. The predicted octanol–water partition coefficient (Wildman–Crippen LogP) is 1.83. The molecule has 3 heteroatoms. The van der Waals surface area contributed by atoms with Crippen LogP contribution in [0.1, 0.15) is 27.0 Å². The molecule has 3 nitrogen and oxygen atoms in total. The molecule has 1 rings (SSSR count). The number of aldehydes is 1. The van der Waals surface area contributed by atoms with Crippen LogP contribution in [0, 0.1) is 13.8 Å². The zero-order valence-electron chi connectivity index (χ0n) is 9.16. The topological polar surface area (TPSA) is 43.4 Å². The molecule has 0 unspecified atom stereocenters. The Bertz CT molecular complexity index is 394. The van der Waals surface area contributed by atoms with E-state index in [9.17, 15) is 9.59 Å². The quantitative estimate of drug-likeness (QED) is 0.559. The second kappa shape index (κ2) is 4.73. The first-order chi connectivity index (χ1) is 7.10. The average Bonchev–Trinajstić information content (AvgIpc) is 2.23. The molecule has 80 valence electrons. The van der Waals surface area contributed by atoms with E-state index in [-0.39, 0.29) is 12.4 Å². The molecular formula is C12H14O3. The zero-order chi connectivity index (χ0) is 11.4. The standard InChI is InChI=1S/C12H14O3/c1-8-4-5-10(6-12(14)15-3)9(2)11(8)7-13/h4-5,7H,6H2,1-3H3. The molecule has 0 saturated heterocycles. The number of hydrogen-bond donors (Lipinski definition) is 0. The maximum absolute atomic E-state index is 11.1. The van der Waals surface area contributed by atoms with E-state index in [1.165, 1.54) is 7.11 Å². The van der Waals surface area contributed by atoms with Crippen molar-refractivity contribution in [1.29, 1.82) is 0 Å². The fourth-order valence-corrected chi connectivity index (χ4v) is 1.51. The summed E-state index contributed by atoms with van der Waals surface area (Å²) in [7, 11) is 1.35. The van der Waals surface area contributed by atoms with E-state index >= 15 is 0 Å². The number of benzene rings is 1. The van der Waals surface area contributed by atoms with Gasteiger partial charge in [0.15, 0.2) is 6.29 Å². The number of aryl methyl sites for hydroxylation is 1. The Kier molecular flexibility index (Phi) is 3.61. The van der Waals surface area contributed by atoms with Gasteiger partial charge in [-0.05, 0) is 30.5 Å². The van der Waals surface area contributed by atoms with E-state index in [1.807, 2.05) is 26.0 Å². The van der Waals surface area contributed by atoms with Crippen LogP contribution < -0.4 is 0 Å². The van der Waals surface area contributed by atoms with Gasteiger partial charge >= 0.3 is 5.97 Å². The van der Waals surface area contributed by atoms with E-state index in [1.54, 1.807) is 0 Å². The Hall–Kier alpha value is -1.64. The van der Waals surface area contributed by atoms with Crippen molar-refractivity contribution in [3.05, 3.63) is 34.4 Å². The lowest BCUT2D eigenvalue weighted by Gasteiger charge is -2.09. The highest BCUT2D eigenvalue weighted by atomic mass is 16.5. The molecule has 0 atom stereocenters. The van der Waals surface area contributed by atoms with Gasteiger partial charge in [-0.1, -0.05) is 12.1 Å². The van der Waals surface area contributed by atoms with Crippen molar-refractivity contribution in [3.63, 3.8) is 0 Å². The van der Waals surface area contributed by atoms with Crippen LogP contribution in [0.3, 0.4) is 0 Å². The number of methoxy groups -OCH3 is 1. The van der Waals surface area contributed by atoms with Crippen molar-refractivity contribution < 1.29 is 14.3 Å². The molecule has 0 spiro atoms. The van der Waals surface area contributed by atoms with Gasteiger partial charge in [0.25, 0.3) is 0 Å². The Balaban J connectivity index is 3.10. The molecule has 0 aromatic heterocycles. The Morgan fingerprint density at radius 1 is 1.40 bits per heavy atom. The summed E-state index contributed by atoms with van der Waals surface area (Å²) in [5, 5.41) is 0. The molecule has 1 aromatic rings. The highest BCUT2D eigenvalue weighted by molar-refractivity contribution is 5.81. The van der Waals surface area contributed by atoms with Crippen LogP contribution in [0.5, 0.6) is 0 Å². The summed E-state index contributed by atoms with van der Waals surface area (Å²) < 4.78 is 4.59. The molecule has 0 aliphatic heterocycles. The maximum atomic E-state index is 11.1. The highest BCUT2D eigenvalue weighted by Crippen LogP contribution is 2.17. The molecule has 15 heavy (non-hydrogen) atoms. The largest absolute Gasteiger partial charge is 0.469 e. The second-order valence-corrected chi connectivity index (χ2v) is 3.45. The Labute approximate surface area is 89.1 Å². The molecule has 0 fully saturated rings. The third kappa shape index (κ3) is 2.43. The van der Waals surface area contributed by atoms with Gasteiger partial charge in [-0.15, -0.1) is 0 Å². The number of rotatable bonds is 3. The third-order valence-corrected chi connectivity index (χ3v) is 2.53. The molecular weight excluding hydrogens is 192 g/mol. The number of ether oxygens (including phenoxy) is 1.